The number of rotatable bonds is 4. The van der Waals surface area contributed by atoms with Crippen molar-refractivity contribution in [3.05, 3.63) is 95.4 Å². The Hall–Kier alpha value is -3.75. The van der Waals surface area contributed by atoms with Gasteiger partial charge in [0.05, 0.1) is 17.3 Å². The van der Waals surface area contributed by atoms with E-state index in [9.17, 15) is 4.79 Å². The molecule has 0 bridgehead atoms. The van der Waals surface area contributed by atoms with E-state index in [1.807, 2.05) is 41.8 Å². The molecule has 0 saturated carbocycles. The zero-order chi connectivity index (χ0) is 19.3. The maximum atomic E-state index is 12.4. The molecule has 0 spiro atoms. The van der Waals surface area contributed by atoms with Crippen molar-refractivity contribution < 1.29 is 4.79 Å². The lowest BCUT2D eigenvalue weighted by atomic mass is 10.0. The zero-order valence-corrected chi connectivity index (χ0v) is 15.6. The Morgan fingerprint density at radius 1 is 0.893 bits per heavy atom. The molecule has 3 aromatic carbocycles. The molecular formula is C23H15N3OS. The Bertz CT molecular complexity index is 1160. The minimum absolute atomic E-state index is 0.280. The molecule has 4 rings (SSSR count). The second-order valence-corrected chi connectivity index (χ2v) is 6.99. The van der Waals surface area contributed by atoms with Gasteiger partial charge in [-0.2, -0.15) is 5.26 Å². The molecule has 1 amide bonds. The molecular weight excluding hydrogens is 366 g/mol. The van der Waals surface area contributed by atoms with Crippen LogP contribution in [0, 0.1) is 11.3 Å². The van der Waals surface area contributed by atoms with Gasteiger partial charge in [0.25, 0.3) is 5.91 Å². The average molecular weight is 381 g/mol. The Kier molecular flexibility index (Phi) is 4.96. The van der Waals surface area contributed by atoms with Crippen LogP contribution in [0.5, 0.6) is 0 Å². The summed E-state index contributed by atoms with van der Waals surface area (Å²) in [6.45, 7) is 0. The zero-order valence-electron chi connectivity index (χ0n) is 14.8. The summed E-state index contributed by atoms with van der Waals surface area (Å²) >= 11 is 1.37. The van der Waals surface area contributed by atoms with Crippen molar-refractivity contribution in [2.24, 2.45) is 0 Å². The van der Waals surface area contributed by atoms with E-state index in [1.54, 1.807) is 24.3 Å². The van der Waals surface area contributed by atoms with Crippen LogP contribution < -0.4 is 5.32 Å². The van der Waals surface area contributed by atoms with Crippen molar-refractivity contribution in [2.45, 2.75) is 0 Å². The van der Waals surface area contributed by atoms with Crippen LogP contribution in [0.15, 0.2) is 84.2 Å². The summed E-state index contributed by atoms with van der Waals surface area (Å²) in [5.74, 6) is -0.280. The van der Waals surface area contributed by atoms with Gasteiger partial charge >= 0.3 is 0 Å². The van der Waals surface area contributed by atoms with Crippen molar-refractivity contribution in [1.82, 2.24) is 4.98 Å². The van der Waals surface area contributed by atoms with E-state index in [0.29, 0.717) is 16.3 Å². The van der Waals surface area contributed by atoms with Crippen molar-refractivity contribution >= 4 is 22.4 Å². The molecule has 1 aromatic heterocycles. The highest BCUT2D eigenvalue weighted by atomic mass is 32.1. The first-order valence-corrected chi connectivity index (χ1v) is 9.54. The SMILES string of the molecule is N#Cc1cccc(C(=O)Nc2nc(-c3ccc(-c4ccccc4)cc3)cs2)c1. The molecule has 0 aliphatic heterocycles. The van der Waals surface area contributed by atoms with E-state index in [1.165, 1.54) is 16.9 Å². The van der Waals surface area contributed by atoms with Crippen LogP contribution >= 0.6 is 11.3 Å². The van der Waals surface area contributed by atoms with E-state index < -0.39 is 0 Å². The molecule has 134 valence electrons. The summed E-state index contributed by atoms with van der Waals surface area (Å²) in [7, 11) is 0. The van der Waals surface area contributed by atoms with Crippen LogP contribution in [0.25, 0.3) is 22.4 Å². The Labute approximate surface area is 166 Å². The number of thiazole rings is 1. The van der Waals surface area contributed by atoms with Gasteiger partial charge in [-0.1, -0.05) is 60.7 Å². The van der Waals surface area contributed by atoms with E-state index in [4.69, 9.17) is 5.26 Å². The second kappa shape index (κ2) is 7.87. The van der Waals surface area contributed by atoms with Gasteiger partial charge in [-0.25, -0.2) is 4.98 Å². The number of nitrogens with one attached hydrogen (secondary N) is 1. The summed E-state index contributed by atoms with van der Waals surface area (Å²) in [4.78, 5) is 16.9. The maximum Gasteiger partial charge on any atom is 0.257 e. The molecule has 28 heavy (non-hydrogen) atoms. The molecule has 0 aliphatic rings. The first-order chi connectivity index (χ1) is 13.7. The molecule has 5 heteroatoms. The third-order valence-electron chi connectivity index (χ3n) is 4.27. The highest BCUT2D eigenvalue weighted by molar-refractivity contribution is 7.14. The highest BCUT2D eigenvalue weighted by Crippen LogP contribution is 2.28. The number of nitriles is 1. The van der Waals surface area contributed by atoms with Crippen LogP contribution in [-0.2, 0) is 0 Å². The molecule has 0 atom stereocenters. The smallest absolute Gasteiger partial charge is 0.257 e. The Morgan fingerprint density at radius 2 is 1.61 bits per heavy atom. The molecule has 0 saturated heterocycles. The standard InChI is InChI=1S/C23H15N3OS/c24-14-16-5-4-8-20(13-16)22(27)26-23-25-21(15-28-23)19-11-9-18(10-12-19)17-6-2-1-3-7-17/h1-13,15H,(H,25,26,27). The lowest BCUT2D eigenvalue weighted by Crippen LogP contribution is -2.11. The maximum absolute atomic E-state index is 12.4. The van der Waals surface area contributed by atoms with Crippen molar-refractivity contribution in [2.75, 3.05) is 5.32 Å². The van der Waals surface area contributed by atoms with Gasteiger partial charge < -0.3 is 0 Å². The fraction of sp³-hybridized carbons (Fsp3) is 0. The van der Waals surface area contributed by atoms with Crippen LogP contribution in [0.3, 0.4) is 0 Å². The van der Waals surface area contributed by atoms with Gasteiger partial charge in [0.2, 0.25) is 0 Å². The topological polar surface area (TPSA) is 65.8 Å². The number of hydrogen-bond donors (Lipinski definition) is 1. The molecule has 0 aliphatic carbocycles. The summed E-state index contributed by atoms with van der Waals surface area (Å²) < 4.78 is 0. The van der Waals surface area contributed by atoms with Gasteiger partial charge in [0.1, 0.15) is 0 Å². The van der Waals surface area contributed by atoms with E-state index in [-0.39, 0.29) is 5.91 Å². The number of amides is 1. The molecule has 0 unspecified atom stereocenters. The van der Waals surface area contributed by atoms with Gasteiger partial charge in [-0.3, -0.25) is 10.1 Å². The molecule has 0 fully saturated rings. The highest BCUT2D eigenvalue weighted by Gasteiger charge is 2.11. The summed E-state index contributed by atoms with van der Waals surface area (Å²) in [6, 6.07) is 27.0. The van der Waals surface area contributed by atoms with E-state index in [0.717, 1.165) is 16.8 Å². The van der Waals surface area contributed by atoms with Crippen LogP contribution in [-0.4, -0.2) is 10.9 Å². The van der Waals surface area contributed by atoms with Gasteiger partial charge in [-0.05, 0) is 29.3 Å². The van der Waals surface area contributed by atoms with Crippen LogP contribution in [0.4, 0.5) is 5.13 Å². The minimum atomic E-state index is -0.280. The van der Waals surface area contributed by atoms with Gasteiger partial charge in [0.15, 0.2) is 5.13 Å². The predicted octanol–water partition coefficient (Wildman–Crippen LogP) is 5.60. The van der Waals surface area contributed by atoms with Crippen molar-refractivity contribution in [1.29, 1.82) is 5.26 Å². The second-order valence-electron chi connectivity index (χ2n) is 6.13. The molecule has 0 radical (unpaired) electrons. The normalized spacial score (nSPS) is 10.2. The van der Waals surface area contributed by atoms with E-state index in [2.05, 4.69) is 34.6 Å². The third-order valence-corrected chi connectivity index (χ3v) is 5.02. The van der Waals surface area contributed by atoms with Crippen LogP contribution in [0.1, 0.15) is 15.9 Å². The number of carbonyl (C=O) groups excluding carboxylic acids is 1. The lowest BCUT2D eigenvalue weighted by molar-refractivity contribution is 0.102. The number of aromatic nitrogens is 1. The van der Waals surface area contributed by atoms with Crippen molar-refractivity contribution in [3.63, 3.8) is 0 Å². The minimum Gasteiger partial charge on any atom is -0.298 e. The Balaban J connectivity index is 1.50. The van der Waals surface area contributed by atoms with Crippen molar-refractivity contribution in [3.8, 4) is 28.5 Å². The summed E-state index contributed by atoms with van der Waals surface area (Å²) in [5, 5.41) is 14.2. The first-order valence-electron chi connectivity index (χ1n) is 8.66. The quantitative estimate of drug-likeness (QED) is 0.500. The number of anilines is 1. The van der Waals surface area contributed by atoms with Gasteiger partial charge in [-0.15, -0.1) is 11.3 Å². The average Bonchev–Trinajstić information content (AvgIpc) is 3.23. The van der Waals surface area contributed by atoms with Gasteiger partial charge in [0, 0.05) is 16.5 Å². The first kappa shape index (κ1) is 17.7. The molecule has 4 aromatic rings. The Morgan fingerprint density at radius 3 is 2.36 bits per heavy atom. The number of hydrogen-bond acceptors (Lipinski definition) is 4. The third kappa shape index (κ3) is 3.83. The van der Waals surface area contributed by atoms with E-state index >= 15 is 0 Å². The molecule has 1 heterocycles. The summed E-state index contributed by atoms with van der Waals surface area (Å²) in [5.41, 5.74) is 4.99. The fourth-order valence-corrected chi connectivity index (χ4v) is 3.54. The monoisotopic (exact) mass is 381 g/mol. The number of nitrogens with zero attached hydrogens (tertiary/aromatic N) is 2. The predicted molar refractivity (Wildman–Crippen MR) is 112 cm³/mol. The summed E-state index contributed by atoms with van der Waals surface area (Å²) in [6.07, 6.45) is 0. The van der Waals surface area contributed by atoms with Crippen LogP contribution in [0.2, 0.25) is 0 Å². The molecule has 4 nitrogen and oxygen atoms in total. The fourth-order valence-electron chi connectivity index (χ4n) is 2.83. The number of benzene rings is 3. The molecule has 1 N–H and O–H groups in total. The number of carbonyl (C=O) groups is 1. The lowest BCUT2D eigenvalue weighted by Gasteiger charge is -2.03. The largest absolute Gasteiger partial charge is 0.298 e.